The van der Waals surface area contributed by atoms with Crippen molar-refractivity contribution in [2.45, 2.75) is 83.1 Å². The first-order valence-electron chi connectivity index (χ1n) is 11.3. The van der Waals surface area contributed by atoms with Crippen LogP contribution < -0.4 is 0 Å². The van der Waals surface area contributed by atoms with E-state index in [2.05, 4.69) is 119 Å². The normalized spacial score (nSPS) is 19.8. The molecule has 1 nitrogen and oxygen atoms in total. The van der Waals surface area contributed by atoms with Crippen LogP contribution in [-0.4, -0.2) is 12.8 Å². The summed E-state index contributed by atoms with van der Waals surface area (Å²) in [5, 5.41) is 0. The number of rotatable bonds is 4. The van der Waals surface area contributed by atoms with Gasteiger partial charge in [-0.05, 0) is 80.2 Å². The van der Waals surface area contributed by atoms with Gasteiger partial charge in [0.05, 0.1) is 5.71 Å². The summed E-state index contributed by atoms with van der Waals surface area (Å²) in [6, 6.07) is 0. The summed E-state index contributed by atoms with van der Waals surface area (Å²) in [6.45, 7) is 31.1. The van der Waals surface area contributed by atoms with E-state index in [-0.39, 0.29) is 10.8 Å². The molecule has 1 heteroatoms. The summed E-state index contributed by atoms with van der Waals surface area (Å²) < 4.78 is 0. The zero-order valence-electron chi connectivity index (χ0n) is 22.5. The smallest absolute Gasteiger partial charge is 0.0721 e. The molecule has 0 aromatic carbocycles. The Morgan fingerprint density at radius 3 is 1.39 bits per heavy atom. The lowest BCUT2D eigenvalue weighted by molar-refractivity contribution is 0.504. The topological polar surface area (TPSA) is 12.4 Å². The van der Waals surface area contributed by atoms with Gasteiger partial charge in [0.2, 0.25) is 0 Å². The Bertz CT molecular complexity index is 949. The van der Waals surface area contributed by atoms with E-state index in [1.54, 1.807) is 0 Å². The van der Waals surface area contributed by atoms with Crippen LogP contribution in [0.5, 0.6) is 0 Å². The van der Waals surface area contributed by atoms with Crippen LogP contribution in [0.2, 0.25) is 0 Å². The van der Waals surface area contributed by atoms with Gasteiger partial charge in [-0.15, -0.1) is 0 Å². The predicted molar refractivity (Wildman–Crippen MR) is 142 cm³/mol. The Hall–Kier alpha value is -2.15. The van der Waals surface area contributed by atoms with E-state index < -0.39 is 0 Å². The molecule has 0 bridgehead atoms. The summed E-state index contributed by atoms with van der Waals surface area (Å²) >= 11 is 0. The summed E-state index contributed by atoms with van der Waals surface area (Å²) in [6.07, 6.45) is 8.94. The zero-order chi connectivity index (χ0) is 24.3. The van der Waals surface area contributed by atoms with E-state index in [4.69, 9.17) is 0 Å². The lowest BCUT2D eigenvalue weighted by Gasteiger charge is -2.28. The number of aliphatic imine (C=N–C) groups is 1. The third-order valence-electron chi connectivity index (χ3n) is 6.68. The summed E-state index contributed by atoms with van der Waals surface area (Å²) in [5.74, 6) is 0. The molecule has 0 unspecified atom stereocenters. The minimum absolute atomic E-state index is 0.168. The monoisotopic (exact) mass is 419 g/mol. The Kier molecular flexibility index (Phi) is 8.66. The number of nitrogens with zero attached hydrogens (tertiary/aromatic N) is 1. The largest absolute Gasteiger partial charge is 0.287 e. The minimum atomic E-state index is 0.168. The summed E-state index contributed by atoms with van der Waals surface area (Å²) in [7, 11) is 1.87. The lowest BCUT2D eigenvalue weighted by Crippen LogP contribution is -2.18. The van der Waals surface area contributed by atoms with E-state index in [1.165, 1.54) is 44.6 Å². The maximum atomic E-state index is 4.68. The van der Waals surface area contributed by atoms with Gasteiger partial charge in [-0.1, -0.05) is 83.6 Å². The van der Waals surface area contributed by atoms with Crippen molar-refractivity contribution >= 4 is 5.71 Å². The predicted octanol–water partition coefficient (Wildman–Crippen LogP) is 9.14. The van der Waals surface area contributed by atoms with Gasteiger partial charge >= 0.3 is 0 Å². The maximum Gasteiger partial charge on any atom is 0.0721 e. The molecule has 31 heavy (non-hydrogen) atoms. The van der Waals surface area contributed by atoms with Crippen molar-refractivity contribution in [3.8, 4) is 0 Å². The van der Waals surface area contributed by atoms with E-state index in [0.29, 0.717) is 0 Å². The van der Waals surface area contributed by atoms with Crippen molar-refractivity contribution in [1.82, 2.24) is 0 Å². The second-order valence-corrected chi connectivity index (χ2v) is 10.9. The quantitative estimate of drug-likeness (QED) is 0.403. The van der Waals surface area contributed by atoms with Gasteiger partial charge in [0, 0.05) is 18.2 Å². The number of hydrogen-bond donors (Lipinski definition) is 0. The molecule has 1 rings (SSSR count). The van der Waals surface area contributed by atoms with Crippen LogP contribution in [0.1, 0.15) is 83.1 Å². The fraction of sp³-hybridized carbons (Fsp3) is 0.500. The van der Waals surface area contributed by atoms with Gasteiger partial charge in [-0.2, -0.15) is 0 Å². The first-order valence-corrected chi connectivity index (χ1v) is 11.3. The van der Waals surface area contributed by atoms with Gasteiger partial charge in [0.25, 0.3) is 0 Å². The van der Waals surface area contributed by atoms with Crippen LogP contribution in [0.3, 0.4) is 0 Å². The number of hydrogen-bond acceptors (Lipinski definition) is 1. The van der Waals surface area contributed by atoms with Crippen LogP contribution in [0.25, 0.3) is 0 Å². The highest BCUT2D eigenvalue weighted by Gasteiger charge is 2.26. The Morgan fingerprint density at radius 1 is 0.677 bits per heavy atom. The van der Waals surface area contributed by atoms with Crippen LogP contribution >= 0.6 is 0 Å². The lowest BCUT2D eigenvalue weighted by atomic mass is 9.77. The second kappa shape index (κ2) is 9.98. The second-order valence-electron chi connectivity index (χ2n) is 10.9. The Labute approximate surface area is 192 Å². The highest BCUT2D eigenvalue weighted by atomic mass is 14.7. The van der Waals surface area contributed by atoms with Crippen molar-refractivity contribution in [3.63, 3.8) is 0 Å². The minimum Gasteiger partial charge on any atom is -0.287 e. The molecule has 1 aliphatic carbocycles. The molecule has 0 saturated heterocycles. The van der Waals surface area contributed by atoms with E-state index in [9.17, 15) is 0 Å². The molecule has 0 spiro atoms. The molecular formula is C30H45N. The third-order valence-corrected chi connectivity index (χ3v) is 6.68. The average molecular weight is 420 g/mol. The number of allylic oxidation sites excluding steroid dienone is 13. The molecule has 0 radical (unpaired) electrons. The molecule has 0 aromatic heterocycles. The van der Waals surface area contributed by atoms with Gasteiger partial charge < -0.3 is 0 Å². The molecule has 0 aromatic rings. The summed E-state index contributed by atoms with van der Waals surface area (Å²) in [5.41, 5.74) is 12.5. The van der Waals surface area contributed by atoms with Crippen molar-refractivity contribution < 1.29 is 0 Å². The molecule has 0 N–H and O–H groups in total. The highest BCUT2D eigenvalue weighted by molar-refractivity contribution is 6.20. The molecule has 1 aliphatic rings. The van der Waals surface area contributed by atoms with Crippen molar-refractivity contribution in [2.24, 2.45) is 15.8 Å². The molecule has 0 fully saturated rings. The van der Waals surface area contributed by atoms with E-state index >= 15 is 0 Å². The fourth-order valence-corrected chi connectivity index (χ4v) is 3.48. The molecule has 0 aliphatic heterocycles. The molecular weight excluding hydrogens is 374 g/mol. The maximum absolute atomic E-state index is 4.68. The molecule has 0 heterocycles. The van der Waals surface area contributed by atoms with Gasteiger partial charge in [0.1, 0.15) is 0 Å². The first kappa shape index (κ1) is 26.9. The molecule has 170 valence electrons. The van der Waals surface area contributed by atoms with Crippen molar-refractivity contribution in [2.75, 3.05) is 7.05 Å². The zero-order valence-corrected chi connectivity index (χ0v) is 22.5. The van der Waals surface area contributed by atoms with E-state index in [1.807, 2.05) is 7.05 Å². The molecule has 0 atom stereocenters. The van der Waals surface area contributed by atoms with Crippen LogP contribution in [0, 0.1) is 10.8 Å². The first-order chi connectivity index (χ1) is 14.0. The summed E-state index contributed by atoms with van der Waals surface area (Å²) in [4.78, 5) is 4.68. The van der Waals surface area contributed by atoms with Gasteiger partial charge in [0.15, 0.2) is 0 Å². The highest BCUT2D eigenvalue weighted by Crippen LogP contribution is 2.38. The van der Waals surface area contributed by atoms with Crippen LogP contribution in [0.4, 0.5) is 0 Å². The SMILES string of the molecule is C=C1C(=NC)C(/C(C)=C/C=C(\C)C(C)(C)C)=C(C)C(C)=C1/C(C)=C/C=C(\C)C(C)(C)C. The Balaban J connectivity index is 3.62. The fourth-order valence-electron chi connectivity index (χ4n) is 3.48. The van der Waals surface area contributed by atoms with E-state index in [0.717, 1.165) is 11.3 Å². The molecule has 0 amide bonds. The van der Waals surface area contributed by atoms with Crippen LogP contribution in [0.15, 0.2) is 86.0 Å². The van der Waals surface area contributed by atoms with Crippen molar-refractivity contribution in [1.29, 1.82) is 0 Å². The standard InChI is InChI=1S/C30H45N/c1-19(15-17-21(3)29(8,9)10)26-23(5)24(6)27(28(31-14)25(26)7)20(2)16-18-22(4)30(11,12)13/h15-18H,7H2,1-6,8-14H3/b19-15+,20-16+,21-17+,22-18+,31-28?. The Morgan fingerprint density at radius 2 is 1.03 bits per heavy atom. The molecule has 0 saturated carbocycles. The van der Waals surface area contributed by atoms with Crippen molar-refractivity contribution in [3.05, 3.63) is 81.0 Å². The van der Waals surface area contributed by atoms with Gasteiger partial charge in [-0.3, -0.25) is 4.99 Å². The average Bonchev–Trinajstić information content (AvgIpc) is 2.64. The van der Waals surface area contributed by atoms with Crippen LogP contribution in [-0.2, 0) is 0 Å². The third kappa shape index (κ3) is 6.42. The van der Waals surface area contributed by atoms with Gasteiger partial charge in [-0.25, -0.2) is 0 Å².